The van der Waals surface area contributed by atoms with Crippen molar-refractivity contribution in [3.8, 4) is 11.4 Å². The summed E-state index contributed by atoms with van der Waals surface area (Å²) in [5.74, 6) is 0.379. The molecule has 6 heteroatoms. The molecule has 1 unspecified atom stereocenters. The van der Waals surface area contributed by atoms with Gasteiger partial charge in [-0.05, 0) is 25.0 Å². The lowest BCUT2D eigenvalue weighted by atomic mass is 10.1. The van der Waals surface area contributed by atoms with Crippen molar-refractivity contribution in [2.45, 2.75) is 39.2 Å². The van der Waals surface area contributed by atoms with Crippen LogP contribution in [-0.4, -0.2) is 16.0 Å². The third-order valence-electron chi connectivity index (χ3n) is 4.40. The van der Waals surface area contributed by atoms with Gasteiger partial charge < -0.3 is 9.84 Å². The Balaban J connectivity index is 1.55. The predicted octanol–water partition coefficient (Wildman–Crippen LogP) is 4.25. The van der Waals surface area contributed by atoms with Gasteiger partial charge in [-0.2, -0.15) is 4.98 Å². The van der Waals surface area contributed by atoms with Crippen molar-refractivity contribution in [2.24, 2.45) is 0 Å². The first-order valence-corrected chi connectivity index (χ1v) is 9.02. The number of benzene rings is 2. The molecular weight excluding hydrogens is 345 g/mol. The number of hydrogen-bond donors (Lipinski definition) is 1. The van der Waals surface area contributed by atoms with Crippen molar-refractivity contribution in [3.63, 3.8) is 0 Å². The topological polar surface area (TPSA) is 68.0 Å². The second-order valence-corrected chi connectivity index (χ2v) is 6.37. The van der Waals surface area contributed by atoms with Crippen molar-refractivity contribution < 1.29 is 13.7 Å². The molecular formula is C21H22FN3O2. The van der Waals surface area contributed by atoms with E-state index in [0.29, 0.717) is 23.7 Å². The molecule has 2 aromatic carbocycles. The first kappa shape index (κ1) is 18.8. The summed E-state index contributed by atoms with van der Waals surface area (Å²) in [5.41, 5.74) is 2.57. The van der Waals surface area contributed by atoms with E-state index in [9.17, 15) is 9.18 Å². The zero-order valence-electron chi connectivity index (χ0n) is 15.4. The molecule has 0 aliphatic rings. The van der Waals surface area contributed by atoms with Crippen molar-refractivity contribution in [2.75, 3.05) is 0 Å². The molecule has 0 radical (unpaired) electrons. The molecule has 1 N–H and O–H groups in total. The SMILES string of the molecule is CCc1ccc(-c2noc(CCC(=O)NC(C)c3ccccc3F)n2)cc1. The minimum atomic E-state index is -0.408. The fourth-order valence-corrected chi connectivity index (χ4v) is 2.80. The highest BCUT2D eigenvalue weighted by atomic mass is 19.1. The highest BCUT2D eigenvalue weighted by molar-refractivity contribution is 5.76. The normalized spacial score (nSPS) is 12.0. The van der Waals surface area contributed by atoms with Crippen LogP contribution >= 0.6 is 0 Å². The van der Waals surface area contributed by atoms with Crippen molar-refractivity contribution in [1.29, 1.82) is 0 Å². The first-order valence-electron chi connectivity index (χ1n) is 9.02. The maximum atomic E-state index is 13.8. The molecule has 0 bridgehead atoms. The van der Waals surface area contributed by atoms with Gasteiger partial charge in [0.25, 0.3) is 0 Å². The van der Waals surface area contributed by atoms with Crippen LogP contribution in [0, 0.1) is 5.82 Å². The lowest BCUT2D eigenvalue weighted by molar-refractivity contribution is -0.121. The standard InChI is InChI=1S/C21H22FN3O2/c1-3-15-8-10-16(11-9-15)21-24-20(27-25-21)13-12-19(26)23-14(2)17-6-4-5-7-18(17)22/h4-11,14H,3,12-13H2,1-2H3,(H,23,26). The molecule has 0 aliphatic heterocycles. The Labute approximate surface area is 157 Å². The zero-order chi connectivity index (χ0) is 19.2. The number of nitrogens with zero attached hydrogens (tertiary/aromatic N) is 2. The Morgan fingerprint density at radius 2 is 1.93 bits per heavy atom. The number of aryl methyl sites for hydroxylation is 2. The average Bonchev–Trinajstić information content (AvgIpc) is 3.16. The fourth-order valence-electron chi connectivity index (χ4n) is 2.80. The highest BCUT2D eigenvalue weighted by Crippen LogP contribution is 2.18. The lowest BCUT2D eigenvalue weighted by Gasteiger charge is -2.14. The fraction of sp³-hybridized carbons (Fsp3) is 0.286. The Hall–Kier alpha value is -3.02. The molecule has 1 aromatic heterocycles. The van der Waals surface area contributed by atoms with Gasteiger partial charge in [0.15, 0.2) is 0 Å². The number of hydrogen-bond acceptors (Lipinski definition) is 4. The Bertz CT molecular complexity index is 906. The second-order valence-electron chi connectivity index (χ2n) is 6.37. The molecule has 0 fully saturated rings. The van der Waals surface area contributed by atoms with Gasteiger partial charge in [0.1, 0.15) is 5.82 Å². The largest absolute Gasteiger partial charge is 0.349 e. The average molecular weight is 367 g/mol. The van der Waals surface area contributed by atoms with Crippen LogP contribution in [0.2, 0.25) is 0 Å². The second kappa shape index (κ2) is 8.58. The summed E-state index contributed by atoms with van der Waals surface area (Å²) in [6.07, 6.45) is 1.49. The van der Waals surface area contributed by atoms with Gasteiger partial charge >= 0.3 is 0 Å². The van der Waals surface area contributed by atoms with Crippen LogP contribution in [0.5, 0.6) is 0 Å². The minimum Gasteiger partial charge on any atom is -0.349 e. The van der Waals surface area contributed by atoms with Crippen LogP contribution in [0.3, 0.4) is 0 Å². The highest BCUT2D eigenvalue weighted by Gasteiger charge is 2.15. The maximum Gasteiger partial charge on any atom is 0.227 e. The van der Waals surface area contributed by atoms with Gasteiger partial charge in [-0.15, -0.1) is 0 Å². The van der Waals surface area contributed by atoms with E-state index in [1.807, 2.05) is 24.3 Å². The summed E-state index contributed by atoms with van der Waals surface area (Å²) < 4.78 is 19.0. The molecule has 0 saturated carbocycles. The summed E-state index contributed by atoms with van der Waals surface area (Å²) in [6.45, 7) is 3.85. The van der Waals surface area contributed by atoms with Crippen LogP contribution in [0.4, 0.5) is 4.39 Å². The number of aromatic nitrogens is 2. The van der Waals surface area contributed by atoms with E-state index >= 15 is 0 Å². The van der Waals surface area contributed by atoms with Gasteiger partial charge in [0.05, 0.1) is 6.04 Å². The maximum absolute atomic E-state index is 13.8. The number of carbonyl (C=O) groups excluding carboxylic acids is 1. The van der Waals surface area contributed by atoms with Crippen molar-refractivity contribution in [1.82, 2.24) is 15.5 Å². The summed E-state index contributed by atoms with van der Waals surface area (Å²) in [4.78, 5) is 16.5. The smallest absolute Gasteiger partial charge is 0.227 e. The van der Waals surface area contributed by atoms with Gasteiger partial charge in [-0.25, -0.2) is 4.39 Å². The predicted molar refractivity (Wildman–Crippen MR) is 100 cm³/mol. The number of rotatable bonds is 7. The minimum absolute atomic E-state index is 0.190. The molecule has 27 heavy (non-hydrogen) atoms. The van der Waals surface area contributed by atoms with Crippen LogP contribution in [0.15, 0.2) is 53.1 Å². The number of carbonyl (C=O) groups is 1. The zero-order valence-corrected chi connectivity index (χ0v) is 15.4. The van der Waals surface area contributed by atoms with E-state index in [4.69, 9.17) is 4.52 Å². The Kier molecular flexibility index (Phi) is 5.96. The summed E-state index contributed by atoms with van der Waals surface area (Å²) in [6, 6.07) is 14.0. The number of nitrogens with one attached hydrogen (secondary N) is 1. The van der Waals surface area contributed by atoms with Crippen molar-refractivity contribution >= 4 is 5.91 Å². The Morgan fingerprint density at radius 1 is 1.19 bits per heavy atom. The van der Waals surface area contributed by atoms with Gasteiger partial charge in [0, 0.05) is 24.0 Å². The summed E-state index contributed by atoms with van der Waals surface area (Å²) >= 11 is 0. The van der Waals surface area contributed by atoms with E-state index in [1.54, 1.807) is 25.1 Å². The third kappa shape index (κ3) is 4.78. The van der Waals surface area contributed by atoms with E-state index in [2.05, 4.69) is 22.4 Å². The quantitative estimate of drug-likeness (QED) is 0.678. The third-order valence-corrected chi connectivity index (χ3v) is 4.40. The molecule has 140 valence electrons. The number of amides is 1. The molecule has 3 rings (SSSR count). The van der Waals surface area contributed by atoms with E-state index in [0.717, 1.165) is 12.0 Å². The first-order chi connectivity index (χ1) is 13.1. The van der Waals surface area contributed by atoms with E-state index in [1.165, 1.54) is 11.6 Å². The van der Waals surface area contributed by atoms with Crippen LogP contribution < -0.4 is 5.32 Å². The van der Waals surface area contributed by atoms with Gasteiger partial charge in [-0.1, -0.05) is 54.5 Å². The van der Waals surface area contributed by atoms with Crippen LogP contribution in [0.25, 0.3) is 11.4 Å². The van der Waals surface area contributed by atoms with E-state index < -0.39 is 6.04 Å². The molecule has 0 saturated heterocycles. The lowest BCUT2D eigenvalue weighted by Crippen LogP contribution is -2.27. The molecule has 0 aliphatic carbocycles. The Morgan fingerprint density at radius 3 is 2.63 bits per heavy atom. The molecule has 1 atom stereocenters. The van der Waals surface area contributed by atoms with Gasteiger partial charge in [-0.3, -0.25) is 4.79 Å². The van der Waals surface area contributed by atoms with Gasteiger partial charge in [0.2, 0.25) is 17.6 Å². The molecule has 1 heterocycles. The summed E-state index contributed by atoms with van der Waals surface area (Å²) in [7, 11) is 0. The molecule has 1 amide bonds. The molecule has 0 spiro atoms. The van der Waals surface area contributed by atoms with E-state index in [-0.39, 0.29) is 18.1 Å². The number of halogens is 1. The summed E-state index contributed by atoms with van der Waals surface area (Å²) in [5, 5.41) is 6.76. The molecule has 5 nitrogen and oxygen atoms in total. The van der Waals surface area contributed by atoms with Crippen LogP contribution in [-0.2, 0) is 17.6 Å². The molecule has 3 aromatic rings. The van der Waals surface area contributed by atoms with Crippen molar-refractivity contribution in [3.05, 3.63) is 71.4 Å². The monoisotopic (exact) mass is 367 g/mol. The van der Waals surface area contributed by atoms with Crippen LogP contribution in [0.1, 0.15) is 43.3 Å².